The minimum atomic E-state index is -5.64. The molecule has 0 saturated heterocycles. The van der Waals surface area contributed by atoms with Crippen LogP contribution in [0.4, 0.5) is 36.4 Å². The molecule has 3 rings (SSSR count). The second-order valence-electron chi connectivity index (χ2n) is 6.84. The Bertz CT molecular complexity index is 1290. The second kappa shape index (κ2) is 10.3. The molecule has 0 aromatic heterocycles. The van der Waals surface area contributed by atoms with Crippen LogP contribution in [0.25, 0.3) is 0 Å². The van der Waals surface area contributed by atoms with Gasteiger partial charge in [0.2, 0.25) is 0 Å². The van der Waals surface area contributed by atoms with E-state index >= 15 is 0 Å². The lowest BCUT2D eigenvalue weighted by atomic mass is 10.1. The van der Waals surface area contributed by atoms with Crippen molar-refractivity contribution >= 4 is 11.9 Å². The van der Waals surface area contributed by atoms with Gasteiger partial charge in [0.1, 0.15) is 17.9 Å². The summed E-state index contributed by atoms with van der Waals surface area (Å²) < 4.78 is 104. The van der Waals surface area contributed by atoms with Gasteiger partial charge in [0.25, 0.3) is 0 Å². The lowest BCUT2D eigenvalue weighted by Crippen LogP contribution is -2.16. The van der Waals surface area contributed by atoms with Crippen LogP contribution in [0.5, 0.6) is 11.5 Å². The number of hydrazone groups is 1. The van der Waals surface area contributed by atoms with Gasteiger partial charge < -0.3 is 9.47 Å². The summed E-state index contributed by atoms with van der Waals surface area (Å²) in [6.45, 7) is 0.0543. The number of ether oxygens (including phenoxy) is 2. The minimum absolute atomic E-state index is 0.0543. The van der Waals surface area contributed by atoms with Gasteiger partial charge in [-0.3, -0.25) is 5.43 Å². The molecule has 0 aliphatic carbocycles. The normalized spacial score (nSPS) is 11.4. The van der Waals surface area contributed by atoms with Gasteiger partial charge in [0, 0.05) is 5.56 Å². The van der Waals surface area contributed by atoms with Crippen LogP contribution in [0.3, 0.4) is 0 Å². The van der Waals surface area contributed by atoms with Crippen LogP contribution < -0.4 is 14.9 Å². The largest absolute Gasteiger partial charge is 0.493 e. The molecule has 0 radical (unpaired) electrons. The third-order valence-electron chi connectivity index (χ3n) is 4.65. The first-order valence-electron chi connectivity index (χ1n) is 9.59. The van der Waals surface area contributed by atoms with E-state index in [1.54, 1.807) is 29.7 Å². The summed E-state index contributed by atoms with van der Waals surface area (Å²) in [4.78, 5) is 0. The first-order chi connectivity index (χ1) is 16.6. The molecule has 12 heteroatoms. The number of anilines is 1. The fourth-order valence-electron chi connectivity index (χ4n) is 2.94. The standard InChI is InChI=1S/C23H14F7N3O2/c1-34-16-8-12(6-7-15(16)35-11-14-5-3-2-4-13(14)9-31)10-32-33-22-20(26)18(24)17(23(28,29)30)19(25)21(22)27/h2-8,10,33H,11H2,1H3/b32-10+. The maximum Gasteiger partial charge on any atom is 0.422 e. The molecule has 182 valence electrons. The van der Waals surface area contributed by atoms with Gasteiger partial charge in [-0.2, -0.15) is 23.5 Å². The zero-order valence-corrected chi connectivity index (χ0v) is 17.7. The zero-order valence-electron chi connectivity index (χ0n) is 17.7. The summed E-state index contributed by atoms with van der Waals surface area (Å²) in [6.07, 6.45) is -4.67. The van der Waals surface area contributed by atoms with E-state index in [2.05, 4.69) is 5.10 Å². The Morgan fingerprint density at radius 2 is 1.63 bits per heavy atom. The summed E-state index contributed by atoms with van der Waals surface area (Å²) in [5.74, 6) is -9.27. The third kappa shape index (κ3) is 5.46. The minimum Gasteiger partial charge on any atom is -0.493 e. The maximum atomic E-state index is 13.9. The van der Waals surface area contributed by atoms with Crippen molar-refractivity contribution in [2.24, 2.45) is 5.10 Å². The van der Waals surface area contributed by atoms with Crippen LogP contribution in [0, 0.1) is 34.6 Å². The van der Waals surface area contributed by atoms with E-state index in [1.807, 2.05) is 6.07 Å². The molecule has 0 unspecified atom stereocenters. The predicted octanol–water partition coefficient (Wildman–Crippen LogP) is 6.17. The molecule has 0 aliphatic rings. The summed E-state index contributed by atoms with van der Waals surface area (Å²) in [6, 6.07) is 13.1. The van der Waals surface area contributed by atoms with E-state index in [9.17, 15) is 30.7 Å². The number of nitrogens with one attached hydrogen (secondary N) is 1. The van der Waals surface area contributed by atoms with Crippen molar-refractivity contribution in [2.45, 2.75) is 12.8 Å². The van der Waals surface area contributed by atoms with Gasteiger partial charge in [-0.05, 0) is 29.8 Å². The number of hydrogen-bond donors (Lipinski definition) is 1. The number of nitriles is 1. The quantitative estimate of drug-likeness (QED) is 0.184. The molecule has 3 aromatic rings. The molecule has 0 aliphatic heterocycles. The fraction of sp³-hybridized carbons (Fsp3) is 0.130. The summed E-state index contributed by atoms with van der Waals surface area (Å²) in [5.41, 5.74) is -1.21. The molecule has 0 amide bonds. The third-order valence-corrected chi connectivity index (χ3v) is 4.65. The monoisotopic (exact) mass is 497 g/mol. The highest BCUT2D eigenvalue weighted by Gasteiger charge is 2.42. The van der Waals surface area contributed by atoms with Crippen LogP contribution in [-0.2, 0) is 12.8 Å². The SMILES string of the molecule is COc1cc(/C=N/Nc2c(F)c(F)c(C(F)(F)F)c(F)c2F)ccc1OCc1ccccc1C#N. The van der Waals surface area contributed by atoms with Crippen molar-refractivity contribution in [1.29, 1.82) is 5.26 Å². The first kappa shape index (κ1) is 25.4. The molecule has 0 saturated carbocycles. The molecule has 35 heavy (non-hydrogen) atoms. The second-order valence-corrected chi connectivity index (χ2v) is 6.84. The number of rotatable bonds is 7. The van der Waals surface area contributed by atoms with Gasteiger partial charge in [0.15, 0.2) is 34.8 Å². The van der Waals surface area contributed by atoms with E-state index in [0.717, 1.165) is 6.21 Å². The average molecular weight is 497 g/mol. The molecule has 0 atom stereocenters. The molecule has 0 heterocycles. The van der Waals surface area contributed by atoms with Crippen LogP contribution >= 0.6 is 0 Å². The fourth-order valence-corrected chi connectivity index (χ4v) is 2.94. The molecule has 0 bridgehead atoms. The van der Waals surface area contributed by atoms with Crippen molar-refractivity contribution in [3.8, 4) is 17.6 Å². The highest BCUT2D eigenvalue weighted by molar-refractivity contribution is 5.81. The number of benzene rings is 3. The molecule has 3 aromatic carbocycles. The molecular formula is C23H14F7N3O2. The maximum absolute atomic E-state index is 13.9. The Hall–Kier alpha value is -4.27. The van der Waals surface area contributed by atoms with Crippen LogP contribution in [-0.4, -0.2) is 13.3 Å². The number of alkyl halides is 3. The van der Waals surface area contributed by atoms with Crippen molar-refractivity contribution in [1.82, 2.24) is 0 Å². The van der Waals surface area contributed by atoms with E-state index in [0.29, 0.717) is 11.1 Å². The van der Waals surface area contributed by atoms with Crippen LogP contribution in [0.15, 0.2) is 47.6 Å². The molecule has 5 nitrogen and oxygen atoms in total. The Morgan fingerprint density at radius 3 is 2.23 bits per heavy atom. The summed E-state index contributed by atoms with van der Waals surface area (Å²) in [7, 11) is 1.34. The first-order valence-corrected chi connectivity index (χ1v) is 9.59. The Balaban J connectivity index is 1.79. The van der Waals surface area contributed by atoms with Crippen LogP contribution in [0.1, 0.15) is 22.3 Å². The van der Waals surface area contributed by atoms with Gasteiger partial charge in [-0.25, -0.2) is 17.6 Å². The Morgan fingerprint density at radius 1 is 0.971 bits per heavy atom. The highest BCUT2D eigenvalue weighted by Crippen LogP contribution is 2.38. The topological polar surface area (TPSA) is 66.6 Å². The van der Waals surface area contributed by atoms with Gasteiger partial charge in [0.05, 0.1) is 25.0 Å². The lowest BCUT2D eigenvalue weighted by Gasteiger charge is -2.13. The predicted molar refractivity (Wildman–Crippen MR) is 111 cm³/mol. The van der Waals surface area contributed by atoms with E-state index in [1.165, 1.54) is 25.3 Å². The summed E-state index contributed by atoms with van der Waals surface area (Å²) >= 11 is 0. The smallest absolute Gasteiger partial charge is 0.422 e. The van der Waals surface area contributed by atoms with E-state index < -0.39 is 40.7 Å². The van der Waals surface area contributed by atoms with Gasteiger partial charge in [-0.15, -0.1) is 0 Å². The van der Waals surface area contributed by atoms with E-state index in [4.69, 9.17) is 14.7 Å². The number of nitrogens with zero attached hydrogens (tertiary/aromatic N) is 2. The molecule has 0 spiro atoms. The van der Waals surface area contributed by atoms with Crippen molar-refractivity contribution in [2.75, 3.05) is 12.5 Å². The number of hydrogen-bond acceptors (Lipinski definition) is 5. The Labute approximate surface area is 194 Å². The van der Waals surface area contributed by atoms with Crippen molar-refractivity contribution in [3.63, 3.8) is 0 Å². The average Bonchev–Trinajstić information content (AvgIpc) is 2.83. The zero-order chi connectivity index (χ0) is 25.8. The van der Waals surface area contributed by atoms with E-state index in [-0.39, 0.29) is 23.7 Å². The summed E-state index contributed by atoms with van der Waals surface area (Å²) in [5, 5.41) is 12.6. The van der Waals surface area contributed by atoms with Gasteiger partial charge in [-0.1, -0.05) is 18.2 Å². The van der Waals surface area contributed by atoms with Crippen molar-refractivity contribution < 1.29 is 40.2 Å². The van der Waals surface area contributed by atoms with Crippen molar-refractivity contribution in [3.05, 3.63) is 88.0 Å². The Kier molecular flexibility index (Phi) is 7.49. The number of methoxy groups -OCH3 is 1. The lowest BCUT2D eigenvalue weighted by molar-refractivity contribution is -0.143. The van der Waals surface area contributed by atoms with Crippen LogP contribution in [0.2, 0.25) is 0 Å². The molecule has 1 N–H and O–H groups in total. The highest BCUT2D eigenvalue weighted by atomic mass is 19.4. The molecule has 0 fully saturated rings. The number of halogens is 7. The van der Waals surface area contributed by atoms with Gasteiger partial charge >= 0.3 is 6.18 Å². The molecular weight excluding hydrogens is 483 g/mol.